The Hall–Kier alpha value is -1.04. The van der Waals surface area contributed by atoms with E-state index >= 15 is 0 Å². The minimum atomic E-state index is 1.23. The Morgan fingerprint density at radius 1 is 0.769 bits per heavy atom. The maximum Gasteiger partial charge on any atom is 0.0204 e. The highest BCUT2D eigenvalue weighted by Crippen LogP contribution is 2.41. The molecule has 0 atom stereocenters. The van der Waals surface area contributed by atoms with E-state index in [1.807, 2.05) is 0 Å². The van der Waals surface area contributed by atoms with Crippen LogP contribution in [-0.2, 0) is 0 Å². The summed E-state index contributed by atoms with van der Waals surface area (Å²) >= 11 is 0. The smallest absolute Gasteiger partial charge is 0.0204 e. The quantitative estimate of drug-likeness (QED) is 0.520. The van der Waals surface area contributed by atoms with Gasteiger partial charge in [-0.15, -0.1) is 0 Å². The largest absolute Gasteiger partial charge is 0.0839 e. The number of hydrogen-bond acceptors (Lipinski definition) is 0. The van der Waals surface area contributed by atoms with Gasteiger partial charge in [-0.05, 0) is 48.0 Å². The fourth-order valence-corrected chi connectivity index (χ4v) is 2.45. The molecular weight excluding hydrogens is 156 g/mol. The van der Waals surface area contributed by atoms with Crippen molar-refractivity contribution in [3.63, 3.8) is 0 Å². The van der Waals surface area contributed by atoms with Crippen LogP contribution in [-0.4, -0.2) is 0 Å². The summed E-state index contributed by atoms with van der Waals surface area (Å²) in [6, 6.07) is 0. The van der Waals surface area contributed by atoms with Gasteiger partial charge in [0.1, 0.15) is 0 Å². The average molecular weight is 169 g/mol. The molecule has 3 rings (SSSR count). The van der Waals surface area contributed by atoms with Crippen LogP contribution in [0.15, 0.2) is 46.6 Å². The summed E-state index contributed by atoms with van der Waals surface area (Å²) < 4.78 is 0. The van der Waals surface area contributed by atoms with Crippen LogP contribution in [0.5, 0.6) is 0 Å². The third kappa shape index (κ3) is 1.05. The van der Waals surface area contributed by atoms with Gasteiger partial charge in [0.25, 0.3) is 0 Å². The van der Waals surface area contributed by atoms with Crippen LogP contribution in [0.25, 0.3) is 0 Å². The fraction of sp³-hybridized carbons (Fsp3) is 0.308. The maximum absolute atomic E-state index is 2.34. The van der Waals surface area contributed by atoms with E-state index in [0.717, 1.165) is 0 Å². The SMILES string of the molecule is [CH]1C2=C(CCC=C2)C2=C1C=CCC2. The second kappa shape index (κ2) is 2.73. The van der Waals surface area contributed by atoms with E-state index in [-0.39, 0.29) is 0 Å². The van der Waals surface area contributed by atoms with Crippen molar-refractivity contribution in [1.29, 1.82) is 0 Å². The molecule has 0 heterocycles. The van der Waals surface area contributed by atoms with Crippen molar-refractivity contribution >= 4 is 0 Å². The molecule has 0 aromatic carbocycles. The zero-order valence-electron chi connectivity index (χ0n) is 7.72. The summed E-state index contributed by atoms with van der Waals surface area (Å²) in [5.41, 5.74) is 6.20. The maximum atomic E-state index is 2.34. The van der Waals surface area contributed by atoms with Crippen molar-refractivity contribution in [3.8, 4) is 0 Å². The molecule has 0 spiro atoms. The third-order valence-corrected chi connectivity index (χ3v) is 3.09. The molecule has 3 aliphatic carbocycles. The van der Waals surface area contributed by atoms with Gasteiger partial charge in [-0.3, -0.25) is 0 Å². The van der Waals surface area contributed by atoms with Gasteiger partial charge in [-0.25, -0.2) is 0 Å². The van der Waals surface area contributed by atoms with E-state index < -0.39 is 0 Å². The lowest BCUT2D eigenvalue weighted by atomic mass is 9.92. The van der Waals surface area contributed by atoms with Gasteiger partial charge >= 0.3 is 0 Å². The molecule has 0 nitrogen and oxygen atoms in total. The molecule has 0 amide bonds. The number of hydrogen-bond donors (Lipinski definition) is 0. The Labute approximate surface area is 79.3 Å². The van der Waals surface area contributed by atoms with Gasteiger partial charge in [-0.1, -0.05) is 24.3 Å². The Balaban J connectivity index is 2.05. The van der Waals surface area contributed by atoms with Crippen LogP contribution in [0.2, 0.25) is 0 Å². The topological polar surface area (TPSA) is 0 Å². The van der Waals surface area contributed by atoms with Crippen LogP contribution in [0.4, 0.5) is 0 Å². The zero-order chi connectivity index (χ0) is 8.67. The van der Waals surface area contributed by atoms with Gasteiger partial charge < -0.3 is 0 Å². The molecule has 0 bridgehead atoms. The minimum Gasteiger partial charge on any atom is -0.0839 e. The lowest BCUT2D eigenvalue weighted by Crippen LogP contribution is -1.94. The summed E-state index contributed by atoms with van der Waals surface area (Å²) in [6.45, 7) is 0. The van der Waals surface area contributed by atoms with Crippen LogP contribution in [0.1, 0.15) is 25.7 Å². The Morgan fingerprint density at radius 2 is 1.31 bits per heavy atom. The van der Waals surface area contributed by atoms with Crippen LogP contribution in [0, 0.1) is 6.42 Å². The van der Waals surface area contributed by atoms with E-state index in [9.17, 15) is 0 Å². The van der Waals surface area contributed by atoms with Crippen molar-refractivity contribution in [2.75, 3.05) is 0 Å². The summed E-state index contributed by atoms with van der Waals surface area (Å²) in [7, 11) is 0. The number of allylic oxidation sites excluding steroid dienone is 8. The molecule has 0 heteroatoms. The Kier molecular flexibility index (Phi) is 1.55. The van der Waals surface area contributed by atoms with Crippen molar-refractivity contribution in [1.82, 2.24) is 0 Å². The van der Waals surface area contributed by atoms with Crippen molar-refractivity contribution < 1.29 is 0 Å². The first-order valence-corrected chi connectivity index (χ1v) is 5.09. The molecule has 3 aliphatic rings. The molecule has 1 radical (unpaired) electrons. The van der Waals surface area contributed by atoms with Crippen molar-refractivity contribution in [2.24, 2.45) is 0 Å². The summed E-state index contributed by atoms with van der Waals surface area (Å²) in [4.78, 5) is 0. The standard InChI is InChI=1S/C13H13/c1-3-7-12-10(5-1)9-11-6-2-4-8-13(11)12/h1-2,5-6,9H,3-4,7-8H2. The lowest BCUT2D eigenvalue weighted by Gasteiger charge is -2.13. The molecule has 0 aromatic heterocycles. The fourth-order valence-electron chi connectivity index (χ4n) is 2.45. The van der Waals surface area contributed by atoms with Crippen molar-refractivity contribution in [2.45, 2.75) is 25.7 Å². The van der Waals surface area contributed by atoms with Crippen LogP contribution >= 0.6 is 0 Å². The van der Waals surface area contributed by atoms with E-state index in [4.69, 9.17) is 0 Å². The Morgan fingerprint density at radius 3 is 1.85 bits per heavy atom. The average Bonchev–Trinajstić information content (AvgIpc) is 2.56. The first-order chi connectivity index (χ1) is 6.45. The Bertz CT molecular complexity index is 325. The predicted molar refractivity (Wildman–Crippen MR) is 55.1 cm³/mol. The molecule has 0 saturated carbocycles. The molecule has 0 unspecified atom stereocenters. The number of rotatable bonds is 0. The second-order valence-corrected chi connectivity index (χ2v) is 3.89. The summed E-state index contributed by atoms with van der Waals surface area (Å²) in [5, 5.41) is 0. The van der Waals surface area contributed by atoms with Gasteiger partial charge in [0.15, 0.2) is 0 Å². The third-order valence-electron chi connectivity index (χ3n) is 3.09. The van der Waals surface area contributed by atoms with Crippen molar-refractivity contribution in [3.05, 3.63) is 53.0 Å². The highest BCUT2D eigenvalue weighted by atomic mass is 14.3. The predicted octanol–water partition coefficient (Wildman–Crippen LogP) is 3.50. The van der Waals surface area contributed by atoms with E-state index in [1.54, 1.807) is 11.1 Å². The molecule has 65 valence electrons. The zero-order valence-corrected chi connectivity index (χ0v) is 7.72. The molecule has 13 heavy (non-hydrogen) atoms. The van der Waals surface area contributed by atoms with E-state index in [2.05, 4.69) is 30.7 Å². The molecule has 0 aromatic rings. The normalized spacial score (nSPS) is 25.2. The van der Waals surface area contributed by atoms with Crippen LogP contribution in [0.3, 0.4) is 0 Å². The first-order valence-electron chi connectivity index (χ1n) is 5.09. The monoisotopic (exact) mass is 169 g/mol. The molecule has 0 N–H and O–H groups in total. The van der Waals surface area contributed by atoms with Gasteiger partial charge in [0.2, 0.25) is 0 Å². The van der Waals surface area contributed by atoms with E-state index in [0.29, 0.717) is 0 Å². The molecule has 0 saturated heterocycles. The van der Waals surface area contributed by atoms with Gasteiger partial charge in [0, 0.05) is 6.42 Å². The second-order valence-electron chi connectivity index (χ2n) is 3.89. The lowest BCUT2D eigenvalue weighted by molar-refractivity contribution is 0.898. The molecule has 0 aliphatic heterocycles. The van der Waals surface area contributed by atoms with Gasteiger partial charge in [0.05, 0.1) is 0 Å². The summed E-state index contributed by atoms with van der Waals surface area (Å²) in [6.07, 6.45) is 16.5. The first kappa shape index (κ1) is 7.37. The number of fused-ring (bicyclic) bond motifs is 1. The molecule has 0 fully saturated rings. The molecular formula is C13H13. The van der Waals surface area contributed by atoms with Gasteiger partial charge in [-0.2, -0.15) is 0 Å². The van der Waals surface area contributed by atoms with E-state index in [1.165, 1.54) is 36.8 Å². The highest BCUT2D eigenvalue weighted by Gasteiger charge is 2.23. The highest BCUT2D eigenvalue weighted by molar-refractivity contribution is 5.63. The van der Waals surface area contributed by atoms with Crippen LogP contribution < -0.4 is 0 Å². The summed E-state index contributed by atoms with van der Waals surface area (Å²) in [5.74, 6) is 0. The minimum absolute atomic E-state index is 1.23.